The number of piperazine rings is 1. The molecule has 2 aliphatic heterocycles. The third-order valence-corrected chi connectivity index (χ3v) is 3.73. The normalized spacial score (nSPS) is 27.8. The van der Waals surface area contributed by atoms with Crippen molar-refractivity contribution in [1.82, 2.24) is 14.8 Å². The molecule has 0 N–H and O–H groups in total. The maximum atomic E-state index is 12.4. The Morgan fingerprint density at radius 1 is 1.35 bits per heavy atom. The van der Waals surface area contributed by atoms with Crippen molar-refractivity contribution in [1.29, 1.82) is 0 Å². The lowest BCUT2D eigenvalue weighted by atomic mass is 9.87. The van der Waals surface area contributed by atoms with Gasteiger partial charge >= 0.3 is 0 Å². The summed E-state index contributed by atoms with van der Waals surface area (Å²) in [5.41, 5.74) is 1.77. The predicted octanol–water partition coefficient (Wildman–Crippen LogP) is 0.919. The van der Waals surface area contributed by atoms with Crippen LogP contribution in [0.1, 0.15) is 22.3 Å². The molecule has 1 aromatic rings. The third-order valence-electron chi connectivity index (χ3n) is 3.73. The molecular weight excluding hydrogens is 214 g/mol. The number of aromatic nitrogens is 1. The first kappa shape index (κ1) is 10.7. The van der Waals surface area contributed by atoms with Crippen molar-refractivity contribution in [2.24, 2.45) is 0 Å². The van der Waals surface area contributed by atoms with E-state index in [2.05, 4.69) is 16.9 Å². The molecule has 2 fully saturated rings. The van der Waals surface area contributed by atoms with Crippen molar-refractivity contribution in [3.63, 3.8) is 0 Å². The summed E-state index contributed by atoms with van der Waals surface area (Å²) in [5.74, 6) is 0.149. The molecule has 2 aliphatic rings. The molecule has 17 heavy (non-hydrogen) atoms. The van der Waals surface area contributed by atoms with Crippen molar-refractivity contribution in [2.75, 3.05) is 20.1 Å². The number of amides is 1. The van der Waals surface area contributed by atoms with Crippen LogP contribution in [-0.2, 0) is 0 Å². The fourth-order valence-electron chi connectivity index (χ4n) is 2.97. The van der Waals surface area contributed by atoms with E-state index in [4.69, 9.17) is 0 Å². The molecule has 0 spiro atoms. The van der Waals surface area contributed by atoms with E-state index in [9.17, 15) is 4.79 Å². The number of carbonyl (C=O) groups excluding carboxylic acids is 1. The molecule has 1 aromatic heterocycles. The molecule has 0 saturated carbocycles. The zero-order valence-corrected chi connectivity index (χ0v) is 10.3. The summed E-state index contributed by atoms with van der Waals surface area (Å²) in [6, 6.07) is 2.74. The molecule has 2 saturated heterocycles. The topological polar surface area (TPSA) is 36.4 Å². The molecule has 3 heterocycles. The van der Waals surface area contributed by atoms with Gasteiger partial charge in [-0.1, -0.05) is 0 Å². The average Bonchev–Trinajstić information content (AvgIpc) is 2.28. The molecular formula is C13H17N3O. The van der Waals surface area contributed by atoms with Gasteiger partial charge in [0.05, 0.1) is 5.56 Å². The SMILES string of the molecule is Cc1cncc(C(=O)N2C3CC2CN(C)C3)c1. The molecule has 2 atom stereocenters. The van der Waals surface area contributed by atoms with Crippen LogP contribution in [0, 0.1) is 6.92 Å². The predicted molar refractivity (Wildman–Crippen MR) is 64.8 cm³/mol. The minimum atomic E-state index is 0.149. The number of likely N-dealkylation sites (N-methyl/N-ethyl adjacent to an activating group) is 1. The van der Waals surface area contributed by atoms with Crippen LogP contribution >= 0.6 is 0 Å². The van der Waals surface area contributed by atoms with Crippen LogP contribution in [-0.4, -0.2) is 52.9 Å². The van der Waals surface area contributed by atoms with Gasteiger partial charge in [0.2, 0.25) is 0 Å². The summed E-state index contributed by atoms with van der Waals surface area (Å²) in [6.45, 7) is 3.97. The standard InChI is InChI=1S/C13H17N3O/c1-9-3-10(6-14-5-9)13(17)16-11-4-12(16)8-15(2)7-11/h3,5-6,11-12H,4,7-8H2,1-2H3. The minimum absolute atomic E-state index is 0.149. The maximum absolute atomic E-state index is 12.4. The molecule has 2 bridgehead atoms. The number of carbonyl (C=O) groups is 1. The Hall–Kier alpha value is -1.42. The summed E-state index contributed by atoms with van der Waals surface area (Å²) < 4.78 is 0. The smallest absolute Gasteiger partial charge is 0.256 e. The van der Waals surface area contributed by atoms with E-state index in [0.717, 1.165) is 30.6 Å². The van der Waals surface area contributed by atoms with Crippen LogP contribution in [0.4, 0.5) is 0 Å². The first-order valence-electron chi connectivity index (χ1n) is 6.08. The minimum Gasteiger partial charge on any atom is -0.330 e. The molecule has 1 amide bonds. The summed E-state index contributed by atoms with van der Waals surface area (Å²) in [6.07, 6.45) is 4.61. The lowest BCUT2D eigenvalue weighted by molar-refractivity contribution is -0.0397. The van der Waals surface area contributed by atoms with E-state index in [1.54, 1.807) is 12.4 Å². The second-order valence-electron chi connectivity index (χ2n) is 5.23. The molecule has 0 radical (unpaired) electrons. The second-order valence-corrected chi connectivity index (χ2v) is 5.23. The second kappa shape index (κ2) is 3.81. The fraction of sp³-hybridized carbons (Fsp3) is 0.538. The summed E-state index contributed by atoms with van der Waals surface area (Å²) in [4.78, 5) is 20.8. The Bertz CT molecular complexity index is 448. The molecule has 3 rings (SSSR count). The first-order chi connectivity index (χ1) is 8.15. The molecule has 0 aliphatic carbocycles. The number of pyridine rings is 1. The molecule has 4 nitrogen and oxygen atoms in total. The Morgan fingerprint density at radius 2 is 2.06 bits per heavy atom. The van der Waals surface area contributed by atoms with Crippen LogP contribution in [0.25, 0.3) is 0 Å². The van der Waals surface area contributed by atoms with E-state index < -0.39 is 0 Å². The maximum Gasteiger partial charge on any atom is 0.256 e. The van der Waals surface area contributed by atoms with E-state index in [1.165, 1.54) is 0 Å². The summed E-state index contributed by atoms with van der Waals surface area (Å²) >= 11 is 0. The van der Waals surface area contributed by atoms with Gasteiger partial charge in [0.15, 0.2) is 0 Å². The van der Waals surface area contributed by atoms with Crippen molar-refractivity contribution in [3.8, 4) is 0 Å². The van der Waals surface area contributed by atoms with Crippen molar-refractivity contribution in [3.05, 3.63) is 29.6 Å². The lowest BCUT2D eigenvalue weighted by Gasteiger charge is -2.55. The van der Waals surface area contributed by atoms with E-state index in [0.29, 0.717) is 12.1 Å². The van der Waals surface area contributed by atoms with Crippen LogP contribution in [0.15, 0.2) is 18.5 Å². The Morgan fingerprint density at radius 3 is 2.71 bits per heavy atom. The van der Waals surface area contributed by atoms with Crippen molar-refractivity contribution >= 4 is 5.91 Å². The number of rotatable bonds is 1. The van der Waals surface area contributed by atoms with Gasteiger partial charge in [-0.15, -0.1) is 0 Å². The van der Waals surface area contributed by atoms with Gasteiger partial charge < -0.3 is 9.80 Å². The van der Waals surface area contributed by atoms with Crippen molar-refractivity contribution in [2.45, 2.75) is 25.4 Å². The van der Waals surface area contributed by atoms with E-state index in [-0.39, 0.29) is 5.91 Å². The Balaban J connectivity index is 1.80. The highest BCUT2D eigenvalue weighted by Crippen LogP contribution is 2.32. The van der Waals surface area contributed by atoms with E-state index in [1.807, 2.05) is 17.9 Å². The van der Waals surface area contributed by atoms with Gasteiger partial charge in [-0.3, -0.25) is 9.78 Å². The molecule has 4 heteroatoms. The Labute approximate surface area is 101 Å². The zero-order chi connectivity index (χ0) is 12.0. The number of hydrogen-bond acceptors (Lipinski definition) is 3. The highest BCUT2D eigenvalue weighted by molar-refractivity contribution is 5.95. The van der Waals surface area contributed by atoms with Gasteiger partial charge in [0, 0.05) is 37.6 Å². The van der Waals surface area contributed by atoms with Gasteiger partial charge in [-0.05, 0) is 32.0 Å². The number of nitrogens with zero attached hydrogens (tertiary/aromatic N) is 3. The van der Waals surface area contributed by atoms with Crippen LogP contribution in [0.2, 0.25) is 0 Å². The van der Waals surface area contributed by atoms with Gasteiger partial charge in [-0.2, -0.15) is 0 Å². The summed E-state index contributed by atoms with van der Waals surface area (Å²) in [7, 11) is 2.12. The summed E-state index contributed by atoms with van der Waals surface area (Å²) in [5, 5.41) is 0. The number of piperidine rings is 1. The Kier molecular flexibility index (Phi) is 2.40. The number of fused-ring (bicyclic) bond motifs is 2. The zero-order valence-electron chi connectivity index (χ0n) is 10.3. The highest BCUT2D eigenvalue weighted by Gasteiger charge is 2.46. The molecule has 90 valence electrons. The monoisotopic (exact) mass is 231 g/mol. The van der Waals surface area contributed by atoms with Gasteiger partial charge in [-0.25, -0.2) is 0 Å². The fourth-order valence-corrected chi connectivity index (χ4v) is 2.97. The van der Waals surface area contributed by atoms with Crippen LogP contribution < -0.4 is 0 Å². The number of aryl methyl sites for hydroxylation is 1. The lowest BCUT2D eigenvalue weighted by Crippen LogP contribution is -2.69. The van der Waals surface area contributed by atoms with Crippen LogP contribution in [0.3, 0.4) is 0 Å². The highest BCUT2D eigenvalue weighted by atomic mass is 16.2. The van der Waals surface area contributed by atoms with E-state index >= 15 is 0 Å². The largest absolute Gasteiger partial charge is 0.330 e. The third kappa shape index (κ3) is 1.72. The molecule has 2 unspecified atom stereocenters. The first-order valence-corrected chi connectivity index (χ1v) is 6.08. The van der Waals surface area contributed by atoms with Crippen LogP contribution in [0.5, 0.6) is 0 Å². The quantitative estimate of drug-likeness (QED) is 0.721. The average molecular weight is 231 g/mol. The van der Waals surface area contributed by atoms with Gasteiger partial charge in [0.25, 0.3) is 5.91 Å². The number of likely N-dealkylation sites (tertiary alicyclic amines) is 2. The van der Waals surface area contributed by atoms with Crippen molar-refractivity contribution < 1.29 is 4.79 Å². The van der Waals surface area contributed by atoms with Gasteiger partial charge in [0.1, 0.15) is 0 Å². The molecule has 0 aromatic carbocycles. The number of hydrogen-bond donors (Lipinski definition) is 0.